The van der Waals surface area contributed by atoms with Crippen LogP contribution in [-0.2, 0) is 20.9 Å². The largest absolute Gasteiger partial charge is 0.480 e. The fraction of sp³-hybridized carbons (Fsp3) is 0.500. The molecule has 1 aliphatic rings. The molecule has 0 bridgehead atoms. The first-order valence-corrected chi connectivity index (χ1v) is 9.39. The minimum absolute atomic E-state index is 0.0839. The van der Waals surface area contributed by atoms with Gasteiger partial charge in [0.1, 0.15) is 6.54 Å². The van der Waals surface area contributed by atoms with E-state index in [2.05, 4.69) is 5.32 Å². The lowest BCUT2D eigenvalue weighted by Crippen LogP contribution is -2.43. The molecule has 0 aliphatic carbocycles. The van der Waals surface area contributed by atoms with Crippen LogP contribution < -0.4 is 5.32 Å². The van der Waals surface area contributed by atoms with Gasteiger partial charge in [-0.15, -0.1) is 0 Å². The summed E-state index contributed by atoms with van der Waals surface area (Å²) < 4.78 is 0. The van der Waals surface area contributed by atoms with Crippen LogP contribution in [0.1, 0.15) is 49.0 Å². The van der Waals surface area contributed by atoms with Crippen molar-refractivity contribution in [2.75, 3.05) is 19.6 Å². The molecule has 0 radical (unpaired) electrons. The van der Waals surface area contributed by atoms with Gasteiger partial charge in [-0.25, -0.2) is 0 Å². The van der Waals surface area contributed by atoms with Crippen molar-refractivity contribution < 1.29 is 24.3 Å². The van der Waals surface area contributed by atoms with Crippen molar-refractivity contribution in [3.63, 3.8) is 0 Å². The van der Waals surface area contributed by atoms with Gasteiger partial charge in [-0.3, -0.25) is 19.2 Å². The molecule has 3 amide bonds. The number of aliphatic carboxylic acids is 1. The molecule has 152 valence electrons. The Hall–Kier alpha value is -2.90. The van der Waals surface area contributed by atoms with Gasteiger partial charge in [-0.05, 0) is 37.0 Å². The second-order valence-electron chi connectivity index (χ2n) is 7.02. The highest BCUT2D eigenvalue weighted by molar-refractivity contribution is 5.94. The van der Waals surface area contributed by atoms with Crippen molar-refractivity contribution in [1.29, 1.82) is 0 Å². The van der Waals surface area contributed by atoms with Gasteiger partial charge in [0.2, 0.25) is 11.8 Å². The third kappa shape index (κ3) is 6.07. The smallest absolute Gasteiger partial charge is 0.323 e. The molecule has 0 aromatic heterocycles. The second-order valence-corrected chi connectivity index (χ2v) is 7.02. The number of carboxylic acids is 1. The fourth-order valence-corrected chi connectivity index (χ4v) is 3.41. The zero-order chi connectivity index (χ0) is 20.7. The first-order chi connectivity index (χ1) is 13.3. The molecule has 1 atom stereocenters. The van der Waals surface area contributed by atoms with Crippen molar-refractivity contribution >= 4 is 23.7 Å². The van der Waals surface area contributed by atoms with Crippen LogP contribution in [0.3, 0.4) is 0 Å². The van der Waals surface area contributed by atoms with Gasteiger partial charge in [-0.1, -0.05) is 12.1 Å². The third-order valence-electron chi connectivity index (χ3n) is 4.88. The molecule has 1 aromatic carbocycles. The van der Waals surface area contributed by atoms with Crippen molar-refractivity contribution in [2.45, 2.75) is 45.7 Å². The maximum absolute atomic E-state index is 12.8. The van der Waals surface area contributed by atoms with Gasteiger partial charge in [0.15, 0.2) is 0 Å². The molecule has 1 saturated heterocycles. The number of likely N-dealkylation sites (tertiary alicyclic amines) is 1. The first kappa shape index (κ1) is 21.4. The molecule has 1 heterocycles. The highest BCUT2D eigenvalue weighted by Gasteiger charge is 2.27. The van der Waals surface area contributed by atoms with Crippen LogP contribution in [0.25, 0.3) is 0 Å². The van der Waals surface area contributed by atoms with E-state index in [0.717, 1.165) is 5.56 Å². The summed E-state index contributed by atoms with van der Waals surface area (Å²) in [6.45, 7) is 3.97. The average Bonchev–Trinajstić information content (AvgIpc) is 2.90. The zero-order valence-electron chi connectivity index (χ0n) is 16.3. The van der Waals surface area contributed by atoms with E-state index in [1.54, 1.807) is 17.0 Å². The van der Waals surface area contributed by atoms with E-state index in [-0.39, 0.29) is 30.3 Å². The van der Waals surface area contributed by atoms with E-state index < -0.39 is 5.97 Å². The standard InChI is InChI=1S/C20H27N3O5/c1-14(24)21-12-16-5-7-17(8-6-16)20(28)22-10-3-4-18(9-11-22)23(15(2)25)13-19(26)27/h5-8,18H,3-4,9-13H2,1-2H3,(H,21,24)(H,26,27). The summed E-state index contributed by atoms with van der Waals surface area (Å²) in [5.41, 5.74) is 1.48. The summed E-state index contributed by atoms with van der Waals surface area (Å²) in [7, 11) is 0. The molecule has 8 nitrogen and oxygen atoms in total. The minimum atomic E-state index is -1.04. The monoisotopic (exact) mass is 389 g/mol. The number of nitrogens with one attached hydrogen (secondary N) is 1. The van der Waals surface area contributed by atoms with Gasteiger partial charge >= 0.3 is 5.97 Å². The maximum Gasteiger partial charge on any atom is 0.323 e. The number of nitrogens with zero attached hydrogens (tertiary/aromatic N) is 2. The van der Waals surface area contributed by atoms with Gasteiger partial charge in [0.05, 0.1) is 0 Å². The van der Waals surface area contributed by atoms with Gasteiger partial charge < -0.3 is 20.2 Å². The molecular weight excluding hydrogens is 362 g/mol. The minimum Gasteiger partial charge on any atom is -0.480 e. The van der Waals surface area contributed by atoms with Gasteiger partial charge in [0.25, 0.3) is 5.91 Å². The fourth-order valence-electron chi connectivity index (χ4n) is 3.41. The Kier molecular flexibility index (Phi) is 7.54. The molecule has 2 rings (SSSR count). The quantitative estimate of drug-likeness (QED) is 0.761. The van der Waals surface area contributed by atoms with Crippen LogP contribution >= 0.6 is 0 Å². The Balaban J connectivity index is 1.99. The Bertz CT molecular complexity index is 732. The van der Waals surface area contributed by atoms with Crippen molar-refractivity contribution in [3.8, 4) is 0 Å². The van der Waals surface area contributed by atoms with Crippen molar-refractivity contribution in [3.05, 3.63) is 35.4 Å². The normalized spacial score (nSPS) is 16.8. The summed E-state index contributed by atoms with van der Waals surface area (Å²) in [6, 6.07) is 6.94. The second kappa shape index (κ2) is 9.87. The number of amides is 3. The topological polar surface area (TPSA) is 107 Å². The zero-order valence-corrected chi connectivity index (χ0v) is 16.3. The lowest BCUT2D eigenvalue weighted by atomic mass is 10.1. The number of carboxylic acid groups (broad SMARTS) is 1. The van der Waals surface area contributed by atoms with Gasteiger partial charge in [0, 0.05) is 45.1 Å². The number of carbonyl (C=O) groups excluding carboxylic acids is 3. The van der Waals surface area contributed by atoms with E-state index in [1.165, 1.54) is 18.7 Å². The lowest BCUT2D eigenvalue weighted by Gasteiger charge is -2.28. The predicted molar refractivity (Wildman–Crippen MR) is 103 cm³/mol. The molecule has 0 saturated carbocycles. The van der Waals surface area contributed by atoms with Crippen LogP contribution in [0, 0.1) is 0 Å². The van der Waals surface area contributed by atoms with Crippen LogP contribution in [0.5, 0.6) is 0 Å². The van der Waals surface area contributed by atoms with E-state index in [9.17, 15) is 19.2 Å². The average molecular weight is 389 g/mol. The highest BCUT2D eigenvalue weighted by Crippen LogP contribution is 2.19. The summed E-state index contributed by atoms with van der Waals surface area (Å²) >= 11 is 0. The summed E-state index contributed by atoms with van der Waals surface area (Å²) in [5.74, 6) is -1.49. The highest BCUT2D eigenvalue weighted by atomic mass is 16.4. The van der Waals surface area contributed by atoms with E-state index >= 15 is 0 Å². The SMILES string of the molecule is CC(=O)NCc1ccc(C(=O)N2CCCC(N(CC(=O)O)C(C)=O)CC2)cc1. The Morgan fingerprint density at radius 3 is 2.36 bits per heavy atom. The maximum atomic E-state index is 12.8. The molecule has 1 aliphatic heterocycles. The molecule has 8 heteroatoms. The predicted octanol–water partition coefficient (Wildman–Crippen LogP) is 1.25. The number of carbonyl (C=O) groups is 4. The Morgan fingerprint density at radius 2 is 1.79 bits per heavy atom. The van der Waals surface area contributed by atoms with Crippen LogP contribution in [0.2, 0.25) is 0 Å². The van der Waals surface area contributed by atoms with Crippen LogP contribution in [-0.4, -0.2) is 64.3 Å². The van der Waals surface area contributed by atoms with Crippen molar-refractivity contribution in [2.24, 2.45) is 0 Å². The van der Waals surface area contributed by atoms with Crippen LogP contribution in [0.4, 0.5) is 0 Å². The first-order valence-electron chi connectivity index (χ1n) is 9.39. The molecule has 2 N–H and O–H groups in total. The number of hydrogen-bond acceptors (Lipinski definition) is 4. The number of rotatable bonds is 6. The number of hydrogen-bond donors (Lipinski definition) is 2. The van der Waals surface area contributed by atoms with E-state index in [0.29, 0.717) is 44.5 Å². The number of benzene rings is 1. The molecule has 1 unspecified atom stereocenters. The summed E-state index contributed by atoms with van der Waals surface area (Å²) in [6.07, 6.45) is 1.94. The summed E-state index contributed by atoms with van der Waals surface area (Å²) in [4.78, 5) is 49.8. The molecule has 28 heavy (non-hydrogen) atoms. The lowest BCUT2D eigenvalue weighted by molar-refractivity contribution is -0.145. The molecule has 0 spiro atoms. The summed E-state index contributed by atoms with van der Waals surface area (Å²) in [5, 5.41) is 11.7. The van der Waals surface area contributed by atoms with Crippen LogP contribution in [0.15, 0.2) is 24.3 Å². The molecule has 1 fully saturated rings. The van der Waals surface area contributed by atoms with Gasteiger partial charge in [-0.2, -0.15) is 0 Å². The Morgan fingerprint density at radius 1 is 1.11 bits per heavy atom. The van der Waals surface area contributed by atoms with E-state index in [4.69, 9.17) is 5.11 Å². The molecular formula is C20H27N3O5. The third-order valence-corrected chi connectivity index (χ3v) is 4.88. The molecule has 1 aromatic rings. The van der Waals surface area contributed by atoms with E-state index in [1.807, 2.05) is 12.1 Å². The Labute approximate surface area is 164 Å². The van der Waals surface area contributed by atoms with Crippen molar-refractivity contribution in [1.82, 2.24) is 15.1 Å².